The number of phenolic OH excluding ortho intramolecular Hbond substituents is 1. The minimum atomic E-state index is -0.0792. The predicted molar refractivity (Wildman–Crippen MR) is 70.9 cm³/mol. The second-order valence-corrected chi connectivity index (χ2v) is 4.32. The van der Waals surface area contributed by atoms with Crippen LogP contribution in [0.15, 0.2) is 36.4 Å². The first-order valence-corrected chi connectivity index (χ1v) is 5.87. The molecule has 0 amide bonds. The Balaban J connectivity index is 1.85. The lowest BCUT2D eigenvalue weighted by molar-refractivity contribution is 0.344. The molecule has 0 saturated heterocycles. The molecule has 0 radical (unpaired) electrons. The Bertz CT molecular complexity index is 670. The Morgan fingerprint density at radius 1 is 1.21 bits per heavy atom. The minimum Gasteiger partial charge on any atom is -0.506 e. The van der Waals surface area contributed by atoms with Gasteiger partial charge in [-0.1, -0.05) is 6.07 Å². The van der Waals surface area contributed by atoms with Crippen molar-refractivity contribution in [3.05, 3.63) is 47.5 Å². The standard InChI is InChI=1S/C14H10BNO3/c16-7-9-1-2-12(6-14(9)17)19-11-3-4-13-10(5-11)8-18-15-13/h1-6,15,17H,8H2. The summed E-state index contributed by atoms with van der Waals surface area (Å²) in [5.74, 6) is 1.10. The van der Waals surface area contributed by atoms with Crippen LogP contribution in [0, 0.1) is 11.3 Å². The van der Waals surface area contributed by atoms with Crippen LogP contribution >= 0.6 is 0 Å². The molecule has 0 saturated carbocycles. The van der Waals surface area contributed by atoms with Crippen molar-refractivity contribution in [1.29, 1.82) is 5.26 Å². The molecule has 1 heterocycles. The summed E-state index contributed by atoms with van der Waals surface area (Å²) in [6.45, 7) is 0.602. The fourth-order valence-corrected chi connectivity index (χ4v) is 2.02. The van der Waals surface area contributed by atoms with Crippen LogP contribution in [-0.4, -0.2) is 12.6 Å². The highest BCUT2D eigenvalue weighted by Gasteiger charge is 2.13. The maximum Gasteiger partial charge on any atom is 0.309 e. The van der Waals surface area contributed by atoms with E-state index >= 15 is 0 Å². The summed E-state index contributed by atoms with van der Waals surface area (Å²) in [5, 5.41) is 18.3. The molecule has 2 aromatic rings. The van der Waals surface area contributed by atoms with Crippen molar-refractivity contribution in [1.82, 2.24) is 0 Å². The molecule has 2 aromatic carbocycles. The Morgan fingerprint density at radius 3 is 2.79 bits per heavy atom. The van der Waals surface area contributed by atoms with Crippen LogP contribution in [0.2, 0.25) is 0 Å². The highest BCUT2D eigenvalue weighted by Crippen LogP contribution is 2.27. The van der Waals surface area contributed by atoms with Crippen molar-refractivity contribution in [2.75, 3.05) is 0 Å². The third-order valence-electron chi connectivity index (χ3n) is 3.02. The Morgan fingerprint density at radius 2 is 2.00 bits per heavy atom. The van der Waals surface area contributed by atoms with Crippen LogP contribution < -0.4 is 10.2 Å². The lowest BCUT2D eigenvalue weighted by atomic mass is 9.87. The number of nitriles is 1. The molecule has 1 aliphatic rings. The third kappa shape index (κ3) is 2.26. The highest BCUT2D eigenvalue weighted by atomic mass is 16.5. The van der Waals surface area contributed by atoms with Gasteiger partial charge in [0, 0.05) is 6.07 Å². The Labute approximate surface area is 111 Å². The second kappa shape index (κ2) is 4.67. The summed E-state index contributed by atoms with van der Waals surface area (Å²) >= 11 is 0. The Hall–Kier alpha value is -2.45. The average molecular weight is 251 g/mol. The summed E-state index contributed by atoms with van der Waals surface area (Å²) < 4.78 is 11.0. The molecular weight excluding hydrogens is 241 g/mol. The smallest absolute Gasteiger partial charge is 0.309 e. The summed E-state index contributed by atoms with van der Waals surface area (Å²) in [6, 6.07) is 12.3. The molecule has 0 unspecified atom stereocenters. The van der Waals surface area contributed by atoms with Crippen LogP contribution in [0.3, 0.4) is 0 Å². The van der Waals surface area contributed by atoms with Gasteiger partial charge in [0.1, 0.15) is 23.3 Å². The number of phenols is 1. The normalized spacial score (nSPS) is 12.4. The van der Waals surface area contributed by atoms with Crippen molar-refractivity contribution >= 4 is 12.9 Å². The summed E-state index contributed by atoms with van der Waals surface area (Å²) in [5.41, 5.74) is 2.53. The maximum absolute atomic E-state index is 9.60. The third-order valence-corrected chi connectivity index (χ3v) is 3.02. The van der Waals surface area contributed by atoms with E-state index in [1.807, 2.05) is 24.3 Å². The Kier molecular flexibility index (Phi) is 2.86. The molecular formula is C14H10BNO3. The number of fused-ring (bicyclic) bond motifs is 1. The molecule has 5 heteroatoms. The number of rotatable bonds is 2. The SMILES string of the molecule is N#Cc1ccc(Oc2ccc3c(c2)COB3)cc1O. The fraction of sp³-hybridized carbons (Fsp3) is 0.0714. The number of aromatic hydroxyl groups is 1. The highest BCUT2D eigenvalue weighted by molar-refractivity contribution is 6.48. The number of benzene rings is 2. The monoisotopic (exact) mass is 251 g/mol. The lowest BCUT2D eigenvalue weighted by Crippen LogP contribution is -2.10. The van der Waals surface area contributed by atoms with Crippen LogP contribution in [0.4, 0.5) is 0 Å². The molecule has 3 rings (SSSR count). The van der Waals surface area contributed by atoms with Crippen molar-refractivity contribution in [3.63, 3.8) is 0 Å². The van der Waals surface area contributed by atoms with Gasteiger partial charge in [0.2, 0.25) is 0 Å². The topological polar surface area (TPSA) is 62.5 Å². The molecule has 1 N–H and O–H groups in total. The van der Waals surface area contributed by atoms with E-state index < -0.39 is 0 Å². The minimum absolute atomic E-state index is 0.0792. The molecule has 4 nitrogen and oxygen atoms in total. The number of ether oxygens (including phenoxy) is 1. The molecule has 92 valence electrons. The van der Waals surface area contributed by atoms with Crippen molar-refractivity contribution in [2.45, 2.75) is 6.61 Å². The summed E-state index contributed by atoms with van der Waals surface area (Å²) in [4.78, 5) is 0. The molecule has 19 heavy (non-hydrogen) atoms. The first-order chi connectivity index (χ1) is 9.26. The van der Waals surface area contributed by atoms with Gasteiger partial charge >= 0.3 is 7.48 Å². The largest absolute Gasteiger partial charge is 0.506 e. The number of nitrogens with zero attached hydrogens (tertiary/aromatic N) is 1. The number of hydrogen-bond acceptors (Lipinski definition) is 4. The summed E-state index contributed by atoms with van der Waals surface area (Å²) in [6.07, 6.45) is 0. The van der Waals surface area contributed by atoms with Gasteiger partial charge in [-0.2, -0.15) is 5.26 Å². The molecule has 0 atom stereocenters. The van der Waals surface area contributed by atoms with E-state index in [2.05, 4.69) is 0 Å². The lowest BCUT2D eigenvalue weighted by Gasteiger charge is -2.08. The average Bonchev–Trinajstić information content (AvgIpc) is 2.86. The zero-order valence-corrected chi connectivity index (χ0v) is 10.1. The van der Waals surface area contributed by atoms with Crippen molar-refractivity contribution < 1.29 is 14.5 Å². The van der Waals surface area contributed by atoms with Crippen LogP contribution in [0.1, 0.15) is 11.1 Å². The zero-order chi connectivity index (χ0) is 13.2. The molecule has 0 spiro atoms. The van der Waals surface area contributed by atoms with Gasteiger partial charge < -0.3 is 14.5 Å². The van der Waals surface area contributed by atoms with Crippen LogP contribution in [0.25, 0.3) is 0 Å². The quantitative estimate of drug-likeness (QED) is 0.822. The van der Waals surface area contributed by atoms with Gasteiger partial charge in [0.15, 0.2) is 0 Å². The van der Waals surface area contributed by atoms with Crippen molar-refractivity contribution in [3.8, 4) is 23.3 Å². The fourth-order valence-electron chi connectivity index (χ4n) is 2.02. The van der Waals surface area contributed by atoms with Gasteiger partial charge in [0.05, 0.1) is 12.2 Å². The second-order valence-electron chi connectivity index (χ2n) is 4.32. The molecule has 0 aliphatic carbocycles. The molecule has 0 fully saturated rings. The van der Waals surface area contributed by atoms with E-state index in [9.17, 15) is 5.11 Å². The van der Waals surface area contributed by atoms with Crippen molar-refractivity contribution in [2.24, 2.45) is 0 Å². The molecule has 0 aromatic heterocycles. The van der Waals surface area contributed by atoms with Gasteiger partial charge in [-0.05, 0) is 35.3 Å². The van der Waals surface area contributed by atoms with Gasteiger partial charge in [-0.15, -0.1) is 0 Å². The van der Waals surface area contributed by atoms with Gasteiger partial charge in [-0.25, -0.2) is 0 Å². The zero-order valence-electron chi connectivity index (χ0n) is 10.1. The van der Waals surface area contributed by atoms with E-state index in [0.717, 1.165) is 5.56 Å². The van der Waals surface area contributed by atoms with Gasteiger partial charge in [0.25, 0.3) is 0 Å². The summed E-state index contributed by atoms with van der Waals surface area (Å²) in [7, 11) is 0.646. The maximum atomic E-state index is 9.60. The van der Waals surface area contributed by atoms with Crippen LogP contribution in [0.5, 0.6) is 17.2 Å². The molecule has 0 bridgehead atoms. The van der Waals surface area contributed by atoms with E-state index in [1.54, 1.807) is 6.07 Å². The van der Waals surface area contributed by atoms with E-state index in [1.165, 1.54) is 17.6 Å². The van der Waals surface area contributed by atoms with Crippen LogP contribution in [-0.2, 0) is 11.3 Å². The van der Waals surface area contributed by atoms with E-state index in [-0.39, 0.29) is 11.3 Å². The first kappa shape index (κ1) is 11.6. The van der Waals surface area contributed by atoms with E-state index in [0.29, 0.717) is 25.6 Å². The van der Waals surface area contributed by atoms with Gasteiger partial charge in [-0.3, -0.25) is 0 Å². The predicted octanol–water partition coefficient (Wildman–Crippen LogP) is 1.56. The number of hydrogen-bond donors (Lipinski definition) is 1. The molecule has 1 aliphatic heterocycles. The first-order valence-electron chi connectivity index (χ1n) is 5.87. The van der Waals surface area contributed by atoms with E-state index in [4.69, 9.17) is 14.7 Å².